The van der Waals surface area contributed by atoms with Crippen molar-refractivity contribution in [2.24, 2.45) is 0 Å². The maximum atomic E-state index is 2.59. The fraction of sp³-hybridized carbons (Fsp3) is 0.0690. The summed E-state index contributed by atoms with van der Waals surface area (Å²) in [7, 11) is 0. The number of anilines is 3. The summed E-state index contributed by atoms with van der Waals surface area (Å²) in [5.74, 6) is 0. The highest BCUT2D eigenvalue weighted by Crippen LogP contribution is 2.65. The molecule has 1 aromatic heterocycles. The number of nitrogens with zero attached hydrogens (tertiary/aromatic N) is 1. The molecule has 0 N–H and O–H groups in total. The molecule has 3 aliphatic carbocycles. The van der Waals surface area contributed by atoms with Crippen molar-refractivity contribution in [2.45, 2.75) is 24.7 Å². The van der Waals surface area contributed by atoms with Gasteiger partial charge in [-0.1, -0.05) is 184 Å². The van der Waals surface area contributed by atoms with Crippen molar-refractivity contribution < 1.29 is 0 Å². The van der Waals surface area contributed by atoms with Crippen LogP contribution in [0, 0.1) is 0 Å². The van der Waals surface area contributed by atoms with Crippen LogP contribution in [0.25, 0.3) is 64.7 Å². The highest BCUT2D eigenvalue weighted by molar-refractivity contribution is 7.26. The van der Waals surface area contributed by atoms with Crippen LogP contribution in [0.4, 0.5) is 17.1 Å². The molecule has 3 aliphatic rings. The van der Waals surface area contributed by atoms with Gasteiger partial charge >= 0.3 is 0 Å². The molecular formula is C58H39NS. The van der Waals surface area contributed by atoms with Crippen molar-refractivity contribution in [2.75, 3.05) is 4.90 Å². The van der Waals surface area contributed by atoms with E-state index in [1.165, 1.54) is 104 Å². The Kier molecular flexibility index (Phi) is 6.94. The van der Waals surface area contributed by atoms with Gasteiger partial charge in [0, 0.05) is 48.0 Å². The fourth-order valence-corrected chi connectivity index (χ4v) is 12.6. The van der Waals surface area contributed by atoms with Crippen LogP contribution < -0.4 is 4.90 Å². The lowest BCUT2D eigenvalue weighted by atomic mass is 9.70. The Hall–Kier alpha value is -7.00. The molecule has 2 heteroatoms. The van der Waals surface area contributed by atoms with Crippen LogP contribution in [0.2, 0.25) is 0 Å². The summed E-state index contributed by atoms with van der Waals surface area (Å²) in [5.41, 5.74) is 21.4. The molecule has 13 rings (SSSR count). The smallest absolute Gasteiger partial charge is 0.0726 e. The molecular weight excluding hydrogens is 743 g/mol. The van der Waals surface area contributed by atoms with Gasteiger partial charge in [0.15, 0.2) is 0 Å². The van der Waals surface area contributed by atoms with E-state index in [0.717, 1.165) is 11.4 Å². The molecule has 0 aliphatic heterocycles. The Morgan fingerprint density at radius 2 is 0.867 bits per heavy atom. The number of rotatable bonds is 4. The van der Waals surface area contributed by atoms with Gasteiger partial charge in [0.2, 0.25) is 0 Å². The Labute approximate surface area is 354 Å². The van der Waals surface area contributed by atoms with Gasteiger partial charge in [0.1, 0.15) is 0 Å². The highest BCUT2D eigenvalue weighted by Gasteiger charge is 2.52. The van der Waals surface area contributed by atoms with Crippen LogP contribution in [0.5, 0.6) is 0 Å². The van der Waals surface area contributed by atoms with E-state index in [2.05, 4.69) is 219 Å². The second-order valence-electron chi connectivity index (χ2n) is 17.1. The van der Waals surface area contributed by atoms with Gasteiger partial charge in [-0.2, -0.15) is 0 Å². The first-order valence-corrected chi connectivity index (χ1v) is 21.8. The third-order valence-electron chi connectivity index (χ3n) is 13.9. The maximum absolute atomic E-state index is 2.59. The Morgan fingerprint density at radius 1 is 0.367 bits per heavy atom. The molecule has 1 nitrogen and oxygen atoms in total. The van der Waals surface area contributed by atoms with Crippen LogP contribution in [-0.4, -0.2) is 0 Å². The molecule has 60 heavy (non-hydrogen) atoms. The number of para-hydroxylation sites is 1. The summed E-state index contributed by atoms with van der Waals surface area (Å²) in [6.07, 6.45) is 0. The molecule has 0 saturated heterocycles. The summed E-state index contributed by atoms with van der Waals surface area (Å²) in [6.45, 7) is 4.77. The molecule has 0 saturated carbocycles. The van der Waals surface area contributed by atoms with E-state index >= 15 is 0 Å². The predicted molar refractivity (Wildman–Crippen MR) is 253 cm³/mol. The van der Waals surface area contributed by atoms with E-state index < -0.39 is 5.41 Å². The van der Waals surface area contributed by atoms with E-state index in [-0.39, 0.29) is 5.41 Å². The summed E-state index contributed by atoms with van der Waals surface area (Å²) >= 11 is 1.90. The largest absolute Gasteiger partial charge is 0.309 e. The first-order chi connectivity index (χ1) is 29.5. The predicted octanol–water partition coefficient (Wildman–Crippen LogP) is 15.8. The fourth-order valence-electron chi connectivity index (χ4n) is 11.4. The van der Waals surface area contributed by atoms with E-state index in [1.807, 2.05) is 11.3 Å². The summed E-state index contributed by atoms with van der Waals surface area (Å²) in [4.78, 5) is 2.59. The Balaban J connectivity index is 1.13. The van der Waals surface area contributed by atoms with Crippen molar-refractivity contribution in [3.05, 3.63) is 234 Å². The van der Waals surface area contributed by atoms with Gasteiger partial charge < -0.3 is 4.90 Å². The Morgan fingerprint density at radius 3 is 1.62 bits per heavy atom. The lowest BCUT2D eigenvalue weighted by Crippen LogP contribution is -2.26. The number of thiophene rings is 1. The molecule has 0 amide bonds. The first kappa shape index (κ1) is 33.9. The van der Waals surface area contributed by atoms with Gasteiger partial charge in [0.25, 0.3) is 0 Å². The molecule has 1 spiro atoms. The third-order valence-corrected chi connectivity index (χ3v) is 15.1. The number of benzene rings is 9. The van der Waals surface area contributed by atoms with Gasteiger partial charge in [-0.3, -0.25) is 0 Å². The van der Waals surface area contributed by atoms with E-state index in [4.69, 9.17) is 0 Å². The SMILES string of the molecule is CC1(C)c2ccccc2-c2ccc(N(c3ccccc3-c3cccc4c3sc3ccccc34)c3cccc4c3-c3ccccc3C43c4ccccc4-c4ccccc43)cc21. The zero-order valence-electron chi connectivity index (χ0n) is 33.4. The summed E-state index contributed by atoms with van der Waals surface area (Å²) in [5, 5.41) is 2.62. The second kappa shape index (κ2) is 12.3. The lowest BCUT2D eigenvalue weighted by molar-refractivity contribution is 0.660. The minimum atomic E-state index is -0.440. The van der Waals surface area contributed by atoms with E-state index in [0.29, 0.717) is 0 Å². The summed E-state index contributed by atoms with van der Waals surface area (Å²) < 4.78 is 2.63. The standard InChI is InChI=1S/C58H39NS/c1-57(2)46-25-9-3-17-37(46)40-34-33-36(35-51(40)57)59(52-30-13-7-20-41(52)43-23-15-24-44-42-21-8-14-32-54(42)60-56(43)44)53-31-16-29-50-55(53)45-22-6-12-28-49(45)58(50)47-26-10-4-18-38(47)39-19-5-11-27-48(39)58/h3-35H,1-2H3. The van der Waals surface area contributed by atoms with Crippen LogP contribution >= 0.6 is 11.3 Å². The average Bonchev–Trinajstić information content (AvgIpc) is 3.99. The van der Waals surface area contributed by atoms with Gasteiger partial charge in [-0.25, -0.2) is 0 Å². The van der Waals surface area contributed by atoms with Crippen molar-refractivity contribution in [3.63, 3.8) is 0 Å². The summed E-state index contributed by atoms with van der Waals surface area (Å²) in [6, 6.07) is 75.4. The quantitative estimate of drug-likeness (QED) is 0.172. The third kappa shape index (κ3) is 4.31. The van der Waals surface area contributed by atoms with Crippen LogP contribution in [0.1, 0.15) is 47.2 Å². The highest BCUT2D eigenvalue weighted by atomic mass is 32.1. The van der Waals surface area contributed by atoms with E-state index in [1.54, 1.807) is 0 Å². The average molecular weight is 782 g/mol. The zero-order chi connectivity index (χ0) is 39.7. The zero-order valence-corrected chi connectivity index (χ0v) is 34.2. The molecule has 0 atom stereocenters. The molecule has 10 aromatic rings. The molecule has 9 aromatic carbocycles. The number of hydrogen-bond donors (Lipinski definition) is 0. The lowest BCUT2D eigenvalue weighted by Gasteiger charge is -2.33. The minimum Gasteiger partial charge on any atom is -0.309 e. The van der Waals surface area contributed by atoms with Crippen LogP contribution in [0.15, 0.2) is 200 Å². The van der Waals surface area contributed by atoms with Crippen molar-refractivity contribution in [3.8, 4) is 44.5 Å². The molecule has 0 radical (unpaired) electrons. The molecule has 282 valence electrons. The maximum Gasteiger partial charge on any atom is 0.0726 e. The molecule has 0 fully saturated rings. The van der Waals surface area contributed by atoms with Gasteiger partial charge in [-0.05, 0) is 91.5 Å². The van der Waals surface area contributed by atoms with Gasteiger partial charge in [0.05, 0.1) is 16.8 Å². The van der Waals surface area contributed by atoms with Crippen molar-refractivity contribution in [1.82, 2.24) is 0 Å². The van der Waals surface area contributed by atoms with Crippen LogP contribution in [0.3, 0.4) is 0 Å². The minimum absolute atomic E-state index is 0.150. The van der Waals surface area contributed by atoms with Gasteiger partial charge in [-0.15, -0.1) is 11.3 Å². The normalized spacial score (nSPS) is 14.4. The Bertz CT molecular complexity index is 3390. The monoisotopic (exact) mass is 781 g/mol. The number of fused-ring (bicyclic) bond motifs is 16. The molecule has 1 heterocycles. The second-order valence-corrected chi connectivity index (χ2v) is 18.2. The molecule has 0 unspecified atom stereocenters. The molecule has 0 bridgehead atoms. The number of hydrogen-bond acceptors (Lipinski definition) is 2. The van der Waals surface area contributed by atoms with Crippen LogP contribution in [-0.2, 0) is 10.8 Å². The first-order valence-electron chi connectivity index (χ1n) is 21.0. The topological polar surface area (TPSA) is 3.24 Å². The van der Waals surface area contributed by atoms with Crippen molar-refractivity contribution in [1.29, 1.82) is 0 Å². The van der Waals surface area contributed by atoms with Crippen molar-refractivity contribution >= 4 is 48.6 Å². The van der Waals surface area contributed by atoms with E-state index in [9.17, 15) is 0 Å².